The molecule has 1 rings (SSSR count). The molecule has 0 spiro atoms. The van der Waals surface area contributed by atoms with Crippen LogP contribution in [0.1, 0.15) is 34.1 Å². The molecule has 1 saturated heterocycles. The predicted octanol–water partition coefficient (Wildman–Crippen LogP) is 1.31. The molecule has 0 amide bonds. The lowest BCUT2D eigenvalue weighted by atomic mass is 9.97. The lowest BCUT2D eigenvalue weighted by Gasteiger charge is -2.33. The normalized spacial score (nSPS) is 21.0. The topological polar surface area (TPSA) is 27.3 Å². The third-order valence-corrected chi connectivity index (χ3v) is 3.17. The lowest BCUT2D eigenvalue weighted by Crippen LogP contribution is -2.48. The Kier molecular flexibility index (Phi) is 5.73. The van der Waals surface area contributed by atoms with Crippen molar-refractivity contribution in [1.29, 1.82) is 0 Å². The highest BCUT2D eigenvalue weighted by Gasteiger charge is 2.16. The van der Waals surface area contributed by atoms with Crippen molar-refractivity contribution in [2.75, 3.05) is 39.3 Å². The van der Waals surface area contributed by atoms with Crippen molar-refractivity contribution in [3.8, 4) is 0 Å². The monoisotopic (exact) mass is 227 g/mol. The van der Waals surface area contributed by atoms with Gasteiger partial charge in [-0.1, -0.05) is 20.8 Å². The fraction of sp³-hybridized carbons (Fsp3) is 1.00. The van der Waals surface area contributed by atoms with Crippen LogP contribution in [0.25, 0.3) is 0 Å². The first-order valence-electron chi connectivity index (χ1n) is 6.64. The van der Waals surface area contributed by atoms with E-state index in [1.54, 1.807) is 0 Å². The molecule has 0 bridgehead atoms. The Hall–Kier alpha value is -0.120. The number of hydrogen-bond acceptors (Lipinski definition) is 3. The Balaban J connectivity index is 2.07. The minimum atomic E-state index is 0.401. The van der Waals surface area contributed by atoms with E-state index >= 15 is 0 Å². The van der Waals surface area contributed by atoms with Crippen LogP contribution >= 0.6 is 0 Å². The summed E-state index contributed by atoms with van der Waals surface area (Å²) in [6.45, 7) is 16.2. The summed E-state index contributed by atoms with van der Waals surface area (Å²) in [5.41, 5.74) is 0.401. The van der Waals surface area contributed by atoms with Crippen LogP contribution in [0, 0.1) is 5.41 Å². The van der Waals surface area contributed by atoms with E-state index in [0.717, 1.165) is 32.2 Å². The molecule has 3 heteroatoms. The number of piperazine rings is 1. The van der Waals surface area contributed by atoms with Crippen molar-refractivity contribution in [1.82, 2.24) is 15.5 Å². The van der Waals surface area contributed by atoms with E-state index in [4.69, 9.17) is 0 Å². The minimum Gasteiger partial charge on any atom is -0.316 e. The number of hydrogen-bond donors (Lipinski definition) is 2. The van der Waals surface area contributed by atoms with Gasteiger partial charge in [0.15, 0.2) is 0 Å². The SMILES string of the molecule is CC(CCNCC(C)(C)C)N1CCNCC1. The predicted molar refractivity (Wildman–Crippen MR) is 70.8 cm³/mol. The molecule has 1 unspecified atom stereocenters. The second-order valence-electron chi connectivity index (χ2n) is 6.16. The number of rotatable bonds is 5. The van der Waals surface area contributed by atoms with Crippen LogP contribution in [0.4, 0.5) is 0 Å². The molecular formula is C13H29N3. The van der Waals surface area contributed by atoms with Crippen molar-refractivity contribution in [2.45, 2.75) is 40.2 Å². The van der Waals surface area contributed by atoms with E-state index in [-0.39, 0.29) is 0 Å². The minimum absolute atomic E-state index is 0.401. The molecule has 3 nitrogen and oxygen atoms in total. The molecule has 0 aromatic rings. The van der Waals surface area contributed by atoms with Gasteiger partial charge in [-0.25, -0.2) is 0 Å². The van der Waals surface area contributed by atoms with Crippen LogP contribution in [0.5, 0.6) is 0 Å². The molecule has 0 aliphatic carbocycles. The van der Waals surface area contributed by atoms with Crippen LogP contribution in [0.3, 0.4) is 0 Å². The average molecular weight is 227 g/mol. The first-order valence-corrected chi connectivity index (χ1v) is 6.64. The molecule has 1 fully saturated rings. The lowest BCUT2D eigenvalue weighted by molar-refractivity contribution is 0.175. The largest absolute Gasteiger partial charge is 0.316 e. The van der Waals surface area contributed by atoms with E-state index in [9.17, 15) is 0 Å². The molecular weight excluding hydrogens is 198 g/mol. The van der Waals surface area contributed by atoms with Crippen molar-refractivity contribution in [3.05, 3.63) is 0 Å². The van der Waals surface area contributed by atoms with Gasteiger partial charge in [0.25, 0.3) is 0 Å². The maximum Gasteiger partial charge on any atom is 0.0110 e. The van der Waals surface area contributed by atoms with Gasteiger partial charge in [0, 0.05) is 32.2 Å². The van der Waals surface area contributed by atoms with Gasteiger partial charge in [-0.2, -0.15) is 0 Å². The third kappa shape index (κ3) is 5.83. The quantitative estimate of drug-likeness (QED) is 0.693. The maximum absolute atomic E-state index is 3.55. The van der Waals surface area contributed by atoms with Gasteiger partial charge in [0.1, 0.15) is 0 Å². The first kappa shape index (κ1) is 13.9. The van der Waals surface area contributed by atoms with Gasteiger partial charge in [0.2, 0.25) is 0 Å². The van der Waals surface area contributed by atoms with E-state index in [1.165, 1.54) is 19.5 Å². The molecule has 1 heterocycles. The second kappa shape index (κ2) is 6.58. The zero-order chi connectivity index (χ0) is 12.0. The fourth-order valence-corrected chi connectivity index (χ4v) is 2.08. The van der Waals surface area contributed by atoms with E-state index < -0.39 is 0 Å². The van der Waals surface area contributed by atoms with Crippen LogP contribution < -0.4 is 10.6 Å². The molecule has 0 saturated carbocycles. The van der Waals surface area contributed by atoms with Gasteiger partial charge in [-0.15, -0.1) is 0 Å². The van der Waals surface area contributed by atoms with Crippen molar-refractivity contribution in [3.63, 3.8) is 0 Å². The van der Waals surface area contributed by atoms with Gasteiger partial charge in [0.05, 0.1) is 0 Å². The Bertz CT molecular complexity index is 180. The van der Waals surface area contributed by atoms with Crippen LogP contribution in [-0.2, 0) is 0 Å². The van der Waals surface area contributed by atoms with Crippen molar-refractivity contribution < 1.29 is 0 Å². The van der Waals surface area contributed by atoms with Crippen LogP contribution in [0.2, 0.25) is 0 Å². The zero-order valence-electron chi connectivity index (χ0n) is 11.5. The average Bonchev–Trinajstić information content (AvgIpc) is 2.24. The molecule has 1 atom stereocenters. The molecule has 0 radical (unpaired) electrons. The summed E-state index contributed by atoms with van der Waals surface area (Å²) in [6, 6.07) is 0.717. The second-order valence-corrected chi connectivity index (χ2v) is 6.16. The molecule has 16 heavy (non-hydrogen) atoms. The molecule has 0 aromatic carbocycles. The van der Waals surface area contributed by atoms with Gasteiger partial charge in [-0.3, -0.25) is 4.90 Å². The molecule has 96 valence electrons. The number of nitrogens with zero attached hydrogens (tertiary/aromatic N) is 1. The van der Waals surface area contributed by atoms with Crippen LogP contribution in [0.15, 0.2) is 0 Å². The highest BCUT2D eigenvalue weighted by molar-refractivity contribution is 4.74. The Morgan fingerprint density at radius 3 is 2.44 bits per heavy atom. The molecule has 0 aromatic heterocycles. The first-order chi connectivity index (χ1) is 7.49. The van der Waals surface area contributed by atoms with E-state index in [2.05, 4.69) is 43.2 Å². The summed E-state index contributed by atoms with van der Waals surface area (Å²) >= 11 is 0. The van der Waals surface area contributed by atoms with Gasteiger partial charge < -0.3 is 10.6 Å². The smallest absolute Gasteiger partial charge is 0.0110 e. The summed E-state index contributed by atoms with van der Waals surface area (Å²) in [4.78, 5) is 2.59. The number of nitrogens with one attached hydrogen (secondary N) is 2. The third-order valence-electron chi connectivity index (χ3n) is 3.17. The standard InChI is InChI=1S/C13H29N3/c1-12(16-9-7-14-8-10-16)5-6-15-11-13(2,3)4/h12,14-15H,5-11H2,1-4H3. The Morgan fingerprint density at radius 2 is 1.88 bits per heavy atom. The Labute approximate surface area is 101 Å². The Morgan fingerprint density at radius 1 is 1.25 bits per heavy atom. The van der Waals surface area contributed by atoms with Gasteiger partial charge >= 0.3 is 0 Å². The summed E-state index contributed by atoms with van der Waals surface area (Å²) in [5.74, 6) is 0. The fourth-order valence-electron chi connectivity index (χ4n) is 2.08. The summed E-state index contributed by atoms with van der Waals surface area (Å²) in [7, 11) is 0. The molecule has 1 aliphatic rings. The molecule has 1 aliphatic heterocycles. The summed E-state index contributed by atoms with van der Waals surface area (Å²) in [6.07, 6.45) is 1.26. The zero-order valence-corrected chi connectivity index (χ0v) is 11.5. The highest BCUT2D eigenvalue weighted by Crippen LogP contribution is 2.10. The summed E-state index contributed by atoms with van der Waals surface area (Å²) < 4.78 is 0. The van der Waals surface area contributed by atoms with Gasteiger partial charge in [-0.05, 0) is 31.8 Å². The highest BCUT2D eigenvalue weighted by atomic mass is 15.2. The van der Waals surface area contributed by atoms with E-state index in [0.29, 0.717) is 5.41 Å². The van der Waals surface area contributed by atoms with Crippen molar-refractivity contribution in [2.24, 2.45) is 5.41 Å². The van der Waals surface area contributed by atoms with Crippen molar-refractivity contribution >= 4 is 0 Å². The maximum atomic E-state index is 3.55. The van der Waals surface area contributed by atoms with E-state index in [1.807, 2.05) is 0 Å². The summed E-state index contributed by atoms with van der Waals surface area (Å²) in [5, 5.41) is 6.95. The molecule has 2 N–H and O–H groups in total. The van der Waals surface area contributed by atoms with Crippen LogP contribution in [-0.4, -0.2) is 50.2 Å².